The highest BCUT2D eigenvalue weighted by molar-refractivity contribution is 8.05. The summed E-state index contributed by atoms with van der Waals surface area (Å²) in [4.78, 5) is 41.2. The first-order valence-electron chi connectivity index (χ1n) is 15.6. The normalized spacial score (nSPS) is 18.9. The third kappa shape index (κ3) is 7.16. The largest absolute Gasteiger partial charge is 0.746 e. The van der Waals surface area contributed by atoms with Crippen LogP contribution in [0.15, 0.2) is 125 Å². The van der Waals surface area contributed by atoms with Gasteiger partial charge in [0.05, 0.1) is 26.9 Å². The molecule has 0 bridgehead atoms. The molecule has 11 nitrogen and oxygen atoms in total. The standard InChI is InChI=1S/C36H36N3O8PS/c1-25-23-39(35(41)37-34(25)40)33-22-31(32(46-33)24-45-48(42,49)38-20-8-5-9-21-38)47-36(26-10-6-4-7-11-26,27-12-16-29(43-2)17-13-27)28-14-18-30(44-3)19-15-28/h4-21,23,31-33H,22,24H2,1-3H3,(H-,37,40,41,42,49)/t31-,32+,33+,48?/m0/s1. The minimum absolute atomic E-state index is 0.181. The second-order valence-electron chi connectivity index (χ2n) is 11.5. The van der Waals surface area contributed by atoms with E-state index in [1.807, 2.05) is 78.9 Å². The van der Waals surface area contributed by atoms with Crippen molar-refractivity contribution in [3.63, 3.8) is 0 Å². The van der Waals surface area contributed by atoms with Crippen molar-refractivity contribution in [1.82, 2.24) is 9.55 Å². The Morgan fingerprint density at radius 2 is 1.45 bits per heavy atom. The quantitative estimate of drug-likeness (QED) is 0.152. The van der Waals surface area contributed by atoms with Gasteiger partial charge in [-0.1, -0.05) is 60.7 Å². The van der Waals surface area contributed by atoms with E-state index in [1.165, 1.54) is 15.1 Å². The van der Waals surface area contributed by atoms with E-state index < -0.39 is 41.9 Å². The van der Waals surface area contributed by atoms with Gasteiger partial charge in [-0.2, -0.15) is 4.34 Å². The molecule has 6 rings (SSSR count). The molecule has 0 spiro atoms. The molecule has 5 aromatic rings. The van der Waals surface area contributed by atoms with E-state index in [1.54, 1.807) is 51.7 Å². The number of H-pyrrole nitrogens is 1. The number of aryl methyl sites for hydroxylation is 1. The van der Waals surface area contributed by atoms with E-state index >= 15 is 0 Å². The van der Waals surface area contributed by atoms with Crippen LogP contribution in [0.2, 0.25) is 0 Å². The van der Waals surface area contributed by atoms with Crippen LogP contribution in [0.5, 0.6) is 11.5 Å². The predicted molar refractivity (Wildman–Crippen MR) is 184 cm³/mol. The molecule has 13 heteroatoms. The molecule has 0 radical (unpaired) electrons. The Bertz CT molecular complexity index is 1990. The smallest absolute Gasteiger partial charge is 0.330 e. The Morgan fingerprint density at radius 1 is 0.898 bits per heavy atom. The molecule has 49 heavy (non-hydrogen) atoms. The van der Waals surface area contributed by atoms with E-state index in [0.717, 1.165) is 16.7 Å². The number of pyridine rings is 1. The third-order valence-corrected chi connectivity index (χ3v) is 10.7. The Labute approximate surface area is 288 Å². The zero-order valence-electron chi connectivity index (χ0n) is 27.1. The van der Waals surface area contributed by atoms with Crippen LogP contribution >= 0.6 is 6.64 Å². The molecule has 1 saturated heterocycles. The summed E-state index contributed by atoms with van der Waals surface area (Å²) in [5.41, 5.74) is 0.399. The van der Waals surface area contributed by atoms with Crippen molar-refractivity contribution in [2.45, 2.75) is 37.4 Å². The minimum atomic E-state index is -3.76. The number of hydrogen-bond acceptors (Lipinski definition) is 9. The fourth-order valence-corrected chi connectivity index (χ4v) is 7.45. The number of nitrogens with zero attached hydrogens (tertiary/aromatic N) is 2. The van der Waals surface area contributed by atoms with Gasteiger partial charge in [0.2, 0.25) is 0 Å². The molecule has 4 atom stereocenters. The highest BCUT2D eigenvalue weighted by Crippen LogP contribution is 2.46. The fraction of sp³-hybridized carbons (Fsp3) is 0.250. The number of rotatable bonds is 12. The molecule has 3 heterocycles. The highest BCUT2D eigenvalue weighted by atomic mass is 32.5. The monoisotopic (exact) mass is 701 g/mol. The maximum atomic E-state index is 13.6. The molecular weight excluding hydrogens is 665 g/mol. The number of aromatic nitrogens is 3. The molecule has 1 aliphatic rings. The second-order valence-corrected chi connectivity index (χ2v) is 14.6. The zero-order chi connectivity index (χ0) is 34.6. The van der Waals surface area contributed by atoms with Gasteiger partial charge >= 0.3 is 5.69 Å². The molecule has 1 fully saturated rings. The molecule has 2 aromatic heterocycles. The summed E-state index contributed by atoms with van der Waals surface area (Å²) in [6.07, 6.45) is 2.36. The van der Waals surface area contributed by atoms with Crippen molar-refractivity contribution in [2.75, 3.05) is 20.8 Å². The van der Waals surface area contributed by atoms with Crippen molar-refractivity contribution in [3.05, 3.63) is 159 Å². The fourth-order valence-electron chi connectivity index (χ4n) is 5.99. The van der Waals surface area contributed by atoms with Crippen LogP contribution in [-0.2, 0) is 31.4 Å². The summed E-state index contributed by atoms with van der Waals surface area (Å²) in [6.45, 7) is -2.37. The van der Waals surface area contributed by atoms with Crippen molar-refractivity contribution in [1.29, 1.82) is 0 Å². The zero-order valence-corrected chi connectivity index (χ0v) is 28.8. The van der Waals surface area contributed by atoms with Crippen LogP contribution in [0.1, 0.15) is 34.9 Å². The van der Waals surface area contributed by atoms with Crippen LogP contribution in [0.3, 0.4) is 0 Å². The van der Waals surface area contributed by atoms with Crippen LogP contribution in [0.25, 0.3) is 0 Å². The summed E-state index contributed by atoms with van der Waals surface area (Å²) in [7, 11) is 3.21. The molecule has 0 saturated carbocycles. The molecule has 1 unspecified atom stereocenters. The van der Waals surface area contributed by atoms with Gasteiger partial charge in [0, 0.05) is 30.3 Å². The van der Waals surface area contributed by atoms with Crippen molar-refractivity contribution in [2.24, 2.45) is 0 Å². The first kappa shape index (κ1) is 34.4. The molecule has 1 N–H and O–H groups in total. The molecular formula is C36H36N3O8PS. The van der Waals surface area contributed by atoms with Gasteiger partial charge in [0.15, 0.2) is 12.4 Å². The molecule has 254 valence electrons. The third-order valence-electron chi connectivity index (χ3n) is 8.52. The summed E-state index contributed by atoms with van der Waals surface area (Å²) >= 11 is 5.43. The van der Waals surface area contributed by atoms with E-state index in [2.05, 4.69) is 4.98 Å². The molecule has 1 aliphatic heterocycles. The van der Waals surface area contributed by atoms with Crippen molar-refractivity contribution in [3.8, 4) is 11.5 Å². The second kappa shape index (κ2) is 14.6. The van der Waals surface area contributed by atoms with Gasteiger partial charge in [-0.25, -0.2) is 4.79 Å². The van der Waals surface area contributed by atoms with E-state index in [-0.39, 0.29) is 13.0 Å². The summed E-state index contributed by atoms with van der Waals surface area (Å²) in [6, 6.07) is 30.2. The molecule has 0 aliphatic carbocycles. The topological polar surface area (TPSA) is 128 Å². The minimum Gasteiger partial charge on any atom is -0.746 e. The van der Waals surface area contributed by atoms with Crippen LogP contribution in [0, 0.1) is 6.92 Å². The van der Waals surface area contributed by atoms with Gasteiger partial charge in [-0.3, -0.25) is 14.3 Å². The summed E-state index contributed by atoms with van der Waals surface area (Å²) < 4.78 is 33.4. The van der Waals surface area contributed by atoms with Crippen LogP contribution < -0.4 is 30.0 Å². The first-order valence-corrected chi connectivity index (χ1v) is 18.2. The number of hydrogen-bond donors (Lipinski definition) is 1. The number of ether oxygens (including phenoxy) is 4. The highest BCUT2D eigenvalue weighted by Gasteiger charge is 2.47. The van der Waals surface area contributed by atoms with Crippen LogP contribution in [-0.4, -0.2) is 42.6 Å². The van der Waals surface area contributed by atoms with Crippen molar-refractivity contribution >= 4 is 18.4 Å². The number of methoxy groups -OCH3 is 2. The van der Waals surface area contributed by atoms with Gasteiger partial charge in [0.25, 0.3) is 12.2 Å². The average Bonchev–Trinajstić information content (AvgIpc) is 3.54. The maximum absolute atomic E-state index is 13.6. The molecule has 3 aromatic carbocycles. The molecule has 0 amide bonds. The SMILES string of the molecule is COc1ccc(C(O[C@H]2C[C@H](n3cc(C)c(=O)[nH]c3=O)O[C@@H]2COP([O-])(=S)[n+]2ccccc2)(c2ccccc2)c2ccc(OC)cc2)cc1. The van der Waals surface area contributed by atoms with Gasteiger partial charge in [0.1, 0.15) is 29.4 Å². The van der Waals surface area contributed by atoms with E-state index in [9.17, 15) is 14.5 Å². The lowest BCUT2D eigenvalue weighted by Gasteiger charge is -2.39. The van der Waals surface area contributed by atoms with E-state index in [4.69, 9.17) is 35.3 Å². The Morgan fingerprint density at radius 3 is 2.02 bits per heavy atom. The Hall–Kier alpha value is -4.42. The average molecular weight is 702 g/mol. The Kier molecular flexibility index (Phi) is 10.3. The summed E-state index contributed by atoms with van der Waals surface area (Å²) in [5.74, 6) is 1.34. The van der Waals surface area contributed by atoms with Crippen LogP contribution in [0.4, 0.5) is 0 Å². The lowest BCUT2D eigenvalue weighted by atomic mass is 9.79. The lowest BCUT2D eigenvalue weighted by molar-refractivity contribution is -0.562. The maximum Gasteiger partial charge on any atom is 0.330 e. The van der Waals surface area contributed by atoms with Gasteiger partial charge in [-0.15, -0.1) is 0 Å². The first-order chi connectivity index (χ1) is 23.6. The number of aromatic amines is 1. The predicted octanol–water partition coefficient (Wildman–Crippen LogP) is 3.96. The Balaban J connectivity index is 1.48. The van der Waals surface area contributed by atoms with Gasteiger partial charge < -0.3 is 28.4 Å². The lowest BCUT2D eigenvalue weighted by Crippen LogP contribution is -2.42. The van der Waals surface area contributed by atoms with Crippen molar-refractivity contribution < 1.29 is 32.7 Å². The summed E-state index contributed by atoms with van der Waals surface area (Å²) in [5, 5.41) is 0. The van der Waals surface area contributed by atoms with Gasteiger partial charge in [-0.05, 0) is 59.7 Å². The van der Waals surface area contributed by atoms with E-state index in [0.29, 0.717) is 17.1 Å². The number of benzene rings is 3. The number of nitrogens with one attached hydrogen (secondary N) is 1.